The minimum absolute atomic E-state index is 0.416. The summed E-state index contributed by atoms with van der Waals surface area (Å²) in [7, 11) is -10.0. The molecule has 0 unspecified atom stereocenters. The van der Waals surface area contributed by atoms with Crippen molar-refractivity contribution < 1.29 is 25.9 Å². The van der Waals surface area contributed by atoms with Crippen LogP contribution in [0.1, 0.15) is 0 Å². The van der Waals surface area contributed by atoms with Gasteiger partial charge in [0.05, 0.1) is 9.83 Å². The van der Waals surface area contributed by atoms with E-state index in [0.29, 0.717) is 0 Å². The van der Waals surface area contributed by atoms with E-state index in [1.54, 1.807) is 0 Å². The molecule has 0 aliphatic carbocycles. The van der Waals surface area contributed by atoms with Crippen LogP contribution in [0.4, 0.5) is 0 Å². The largest absolute Gasteiger partial charge is 0.739 e. The number of rotatable bonds is 3. The molecule has 0 aliphatic rings. The van der Waals surface area contributed by atoms with Gasteiger partial charge in [-0.2, -0.15) is 8.42 Å². The second-order valence-electron chi connectivity index (χ2n) is 0.972. The van der Waals surface area contributed by atoms with Crippen molar-refractivity contribution in [3.63, 3.8) is 0 Å². The summed E-state index contributed by atoms with van der Waals surface area (Å²) in [5.74, 6) is 0. The van der Waals surface area contributed by atoms with E-state index in [1.807, 2.05) is 0 Å². The molecule has 10 heavy (non-hydrogen) atoms. The van der Waals surface area contributed by atoms with E-state index in [-0.39, 0.29) is 0 Å². The molecule has 0 bridgehead atoms. The van der Waals surface area contributed by atoms with Crippen LogP contribution in [-0.2, 0) is 18.3 Å². The zero-order chi connectivity index (χ0) is 8.41. The topological polar surface area (TPSA) is 112 Å². The SMILES string of the molecule is O=S(=O)([O-])SSS(=O)(=O)O. The molecule has 0 aromatic rings. The highest BCUT2D eigenvalue weighted by Gasteiger charge is 2.08. The van der Waals surface area contributed by atoms with Crippen LogP contribution in [0.2, 0.25) is 0 Å². The summed E-state index contributed by atoms with van der Waals surface area (Å²) in [6.45, 7) is 0. The second kappa shape index (κ2) is 3.28. The van der Waals surface area contributed by atoms with Crippen molar-refractivity contribution in [2.24, 2.45) is 0 Å². The minimum atomic E-state index is -4.67. The van der Waals surface area contributed by atoms with Crippen molar-refractivity contribution in [2.75, 3.05) is 0 Å². The van der Waals surface area contributed by atoms with Crippen molar-refractivity contribution in [2.45, 2.75) is 0 Å². The number of hydrogen-bond donors (Lipinski definition) is 1. The molecule has 0 aliphatic heterocycles. The van der Waals surface area contributed by atoms with E-state index in [1.165, 1.54) is 0 Å². The Morgan fingerprint density at radius 3 is 1.60 bits per heavy atom. The van der Waals surface area contributed by atoms with Gasteiger partial charge in [-0.1, -0.05) is 0 Å². The van der Waals surface area contributed by atoms with E-state index in [4.69, 9.17) is 4.55 Å². The highest BCUT2D eigenvalue weighted by atomic mass is 33.7. The summed E-state index contributed by atoms with van der Waals surface area (Å²) < 4.78 is 56.5. The smallest absolute Gasteiger partial charge is 0.330 e. The first-order chi connectivity index (χ1) is 4.21. The van der Waals surface area contributed by atoms with Crippen LogP contribution < -0.4 is 0 Å². The highest BCUT2D eigenvalue weighted by molar-refractivity contribution is 9.21. The summed E-state index contributed by atoms with van der Waals surface area (Å²) in [6, 6.07) is 0. The molecule has 62 valence electrons. The van der Waals surface area contributed by atoms with Gasteiger partial charge >= 0.3 is 9.15 Å². The Morgan fingerprint density at radius 2 is 1.50 bits per heavy atom. The Morgan fingerprint density at radius 1 is 1.10 bits per heavy atom. The minimum Gasteiger partial charge on any atom is -0.739 e. The lowest BCUT2D eigenvalue weighted by Crippen LogP contribution is -1.91. The Bertz CT molecular complexity index is 246. The Labute approximate surface area is 64.1 Å². The van der Waals surface area contributed by atoms with Crippen LogP contribution in [0.15, 0.2) is 0 Å². The molecule has 0 aromatic heterocycles. The maximum Gasteiger partial charge on any atom is 0.330 e. The lowest BCUT2D eigenvalue weighted by atomic mass is 15.9. The first kappa shape index (κ1) is 10.5. The molecule has 0 fully saturated rings. The molecule has 0 aromatic carbocycles. The van der Waals surface area contributed by atoms with Gasteiger partial charge in [0, 0.05) is 9.83 Å². The summed E-state index contributed by atoms with van der Waals surface area (Å²) in [5, 5.41) is 0. The molecule has 0 radical (unpaired) electrons. The van der Waals surface area contributed by atoms with Crippen molar-refractivity contribution in [3.8, 4) is 0 Å². The molecule has 6 nitrogen and oxygen atoms in total. The molecular weight excluding hydrogens is 224 g/mol. The molecule has 0 saturated carbocycles. The van der Waals surface area contributed by atoms with E-state index in [0.717, 1.165) is 0 Å². The van der Waals surface area contributed by atoms with Crippen LogP contribution in [0.5, 0.6) is 0 Å². The molecular formula is HO6S4-. The zero-order valence-electron chi connectivity index (χ0n) is 4.12. The van der Waals surface area contributed by atoms with E-state index < -0.39 is 38.0 Å². The Balaban J connectivity index is 4.05. The molecule has 0 spiro atoms. The predicted molar refractivity (Wildman–Crippen MR) is 36.4 cm³/mol. The van der Waals surface area contributed by atoms with Crippen LogP contribution >= 0.6 is 19.7 Å². The third kappa shape index (κ3) is 8.52. The Kier molecular flexibility index (Phi) is 3.45. The second-order valence-corrected chi connectivity index (χ2v) is 8.67. The third-order valence-corrected chi connectivity index (χ3v) is 6.82. The van der Waals surface area contributed by atoms with Gasteiger partial charge < -0.3 is 4.55 Å². The van der Waals surface area contributed by atoms with Crippen molar-refractivity contribution >= 4 is 38.0 Å². The van der Waals surface area contributed by atoms with Crippen molar-refractivity contribution in [1.82, 2.24) is 0 Å². The van der Waals surface area contributed by atoms with Crippen LogP contribution in [0.25, 0.3) is 0 Å². The summed E-state index contributed by atoms with van der Waals surface area (Å²) >= 11 is 0. The molecule has 0 amide bonds. The monoisotopic (exact) mass is 225 g/mol. The normalized spacial score (nSPS) is 13.4. The summed E-state index contributed by atoms with van der Waals surface area (Å²) in [6.07, 6.45) is 0. The average Bonchev–Trinajstić information content (AvgIpc) is 1.57. The van der Waals surface area contributed by atoms with Gasteiger partial charge in [-0.25, -0.2) is 8.42 Å². The fourth-order valence-electron chi connectivity index (χ4n) is 0.0691. The van der Waals surface area contributed by atoms with Crippen molar-refractivity contribution in [3.05, 3.63) is 0 Å². The summed E-state index contributed by atoms with van der Waals surface area (Å²) in [5.41, 5.74) is 0. The van der Waals surface area contributed by atoms with Gasteiger partial charge in [0.25, 0.3) is 0 Å². The first-order valence-electron chi connectivity index (χ1n) is 1.52. The van der Waals surface area contributed by atoms with Gasteiger partial charge in [-0.05, 0) is 0 Å². The van der Waals surface area contributed by atoms with Gasteiger partial charge in [0.1, 0.15) is 0 Å². The van der Waals surface area contributed by atoms with Gasteiger partial charge in [0.15, 0.2) is 9.15 Å². The first-order valence-corrected chi connectivity index (χ1v) is 7.55. The van der Waals surface area contributed by atoms with Crippen LogP contribution in [0.3, 0.4) is 0 Å². The maximum atomic E-state index is 9.77. The van der Waals surface area contributed by atoms with E-state index in [2.05, 4.69) is 0 Å². The highest BCUT2D eigenvalue weighted by Crippen LogP contribution is 2.30. The van der Waals surface area contributed by atoms with Gasteiger partial charge in [0.2, 0.25) is 0 Å². The van der Waals surface area contributed by atoms with Crippen molar-refractivity contribution in [1.29, 1.82) is 0 Å². The quantitative estimate of drug-likeness (QED) is 0.511. The molecule has 0 atom stereocenters. The lowest BCUT2D eigenvalue weighted by Gasteiger charge is -2.00. The molecule has 1 N–H and O–H groups in total. The fourth-order valence-corrected chi connectivity index (χ4v) is 5.60. The third-order valence-electron chi connectivity index (χ3n) is 0.197. The van der Waals surface area contributed by atoms with Crippen LogP contribution in [0, 0.1) is 0 Å². The standard InChI is InChI=1S/H2O6S4/c1-9(2,3)7-8-10(4,5)6/h(H,1,2,3)(H,4,5,6)/p-1. The predicted octanol–water partition coefficient (Wildman–Crippen LogP) is -0.369. The molecule has 0 heterocycles. The van der Waals surface area contributed by atoms with Gasteiger partial charge in [-0.15, -0.1) is 0 Å². The zero-order valence-corrected chi connectivity index (χ0v) is 7.39. The molecule has 0 saturated heterocycles. The number of hydrogen-bond acceptors (Lipinski definition) is 7. The van der Waals surface area contributed by atoms with Crippen LogP contribution in [-0.4, -0.2) is 25.9 Å². The summed E-state index contributed by atoms with van der Waals surface area (Å²) in [4.78, 5) is 0. The van der Waals surface area contributed by atoms with E-state index >= 15 is 0 Å². The maximum absolute atomic E-state index is 9.77. The average molecular weight is 225 g/mol. The Hall–Kier alpha value is 0.520. The van der Waals surface area contributed by atoms with E-state index in [9.17, 15) is 21.4 Å². The fraction of sp³-hybridized carbons (Fsp3) is 0. The lowest BCUT2D eigenvalue weighted by molar-refractivity contribution is 0.482. The molecule has 0 rings (SSSR count). The molecule has 10 heteroatoms. The van der Waals surface area contributed by atoms with Gasteiger partial charge in [-0.3, -0.25) is 4.55 Å².